The first-order valence-electron chi connectivity index (χ1n) is 14.4. The van der Waals surface area contributed by atoms with Gasteiger partial charge in [0.05, 0.1) is 34.8 Å². The minimum Gasteiger partial charge on any atom is -0.341 e. The van der Waals surface area contributed by atoms with Crippen LogP contribution in [0, 0.1) is 0 Å². The van der Waals surface area contributed by atoms with Crippen molar-refractivity contribution in [2.24, 2.45) is 5.73 Å². The van der Waals surface area contributed by atoms with Crippen LogP contribution in [0.2, 0.25) is 0 Å². The Labute approximate surface area is 171 Å². The number of aromatic nitrogens is 3. The fourth-order valence-electron chi connectivity index (χ4n) is 3.28. The van der Waals surface area contributed by atoms with Crippen molar-refractivity contribution in [1.29, 1.82) is 0 Å². The first kappa shape index (κ1) is 8.19. The summed E-state index contributed by atoms with van der Waals surface area (Å²) >= 11 is 0. The number of benzene rings is 1. The topological polar surface area (TPSA) is 70.8 Å². The van der Waals surface area contributed by atoms with Gasteiger partial charge in [-0.25, -0.2) is 4.98 Å². The van der Waals surface area contributed by atoms with Crippen molar-refractivity contribution in [1.82, 2.24) is 19.9 Å². The van der Waals surface area contributed by atoms with Gasteiger partial charge >= 0.3 is 0 Å². The highest BCUT2D eigenvalue weighted by molar-refractivity contribution is 5.74. The molecule has 2 heterocycles. The number of aryl methyl sites for hydroxylation is 1. The lowest BCUT2D eigenvalue weighted by Crippen LogP contribution is -2.33. The van der Waals surface area contributed by atoms with Gasteiger partial charge in [-0.1, -0.05) is 18.2 Å². The molecule has 0 spiro atoms. The maximum absolute atomic E-state index is 8.89. The number of pyridine rings is 1. The van der Waals surface area contributed by atoms with Gasteiger partial charge in [0.2, 0.25) is 0 Å². The van der Waals surface area contributed by atoms with Gasteiger partial charge in [0.25, 0.3) is 0 Å². The number of rotatable bonds is 7. The molecule has 26 heavy (non-hydrogen) atoms. The summed E-state index contributed by atoms with van der Waals surface area (Å²) in [5, 5.41) is 0. The predicted molar refractivity (Wildman–Crippen MR) is 105 cm³/mol. The molecule has 1 aromatic carbocycles. The van der Waals surface area contributed by atoms with Crippen LogP contribution in [0.25, 0.3) is 11.0 Å². The van der Waals surface area contributed by atoms with Gasteiger partial charge in [0, 0.05) is 17.2 Å². The van der Waals surface area contributed by atoms with Crippen LogP contribution >= 0.6 is 0 Å². The summed E-state index contributed by atoms with van der Waals surface area (Å²) in [6.45, 7) is -6.87. The van der Waals surface area contributed by atoms with E-state index in [0.29, 0.717) is 25.0 Å². The largest absolute Gasteiger partial charge is 0.341 e. The summed E-state index contributed by atoms with van der Waals surface area (Å²) < 4.78 is 98.6. The molecule has 136 valence electrons. The highest BCUT2D eigenvalue weighted by atomic mass is 15.2. The van der Waals surface area contributed by atoms with Crippen molar-refractivity contribution in [2.45, 2.75) is 44.6 Å². The SMILES string of the molecule is [2H]c1c([2H])c([2H])c2[nH]c(CN([C@H]3CCCc4cccnc43)C([2H])([2H])C([2H])([2H])C([2H])([2H])C([2H])([2H])N)nc2c1[2H]. The van der Waals surface area contributed by atoms with Crippen molar-refractivity contribution in [3.8, 4) is 0 Å². The molecule has 3 aromatic rings. The first-order chi connectivity index (χ1) is 17.4. The summed E-state index contributed by atoms with van der Waals surface area (Å²) in [7, 11) is 0. The van der Waals surface area contributed by atoms with Crippen LogP contribution in [0.15, 0.2) is 42.5 Å². The number of fused-ring (bicyclic) bond motifs is 2. The Morgan fingerprint density at radius 2 is 2.27 bits per heavy atom. The van der Waals surface area contributed by atoms with Gasteiger partial charge in [-0.15, -0.1) is 0 Å². The zero-order valence-electron chi connectivity index (χ0n) is 26.1. The Morgan fingerprint density at radius 1 is 1.35 bits per heavy atom. The lowest BCUT2D eigenvalue weighted by atomic mass is 9.90. The lowest BCUT2D eigenvalue weighted by molar-refractivity contribution is 0.159. The number of para-hydroxylation sites is 2. The molecule has 0 radical (unpaired) electrons. The van der Waals surface area contributed by atoms with Gasteiger partial charge in [-0.05, 0) is 68.7 Å². The Kier molecular flexibility index (Phi) is 2.51. The minimum atomic E-state index is -3.49. The summed E-state index contributed by atoms with van der Waals surface area (Å²) in [6.07, 6.45) is -3.85. The standard InChI is InChI=1S/C21H27N5/c22-12-3-4-14-26(15-20-24-17-9-1-2-10-18(17)25-20)19-11-5-7-16-8-6-13-23-21(16)19/h1-2,6,8-10,13,19H,3-5,7,11-12,14-15,22H2,(H,24,25)/t19-/m0/s1/i1D,2D,3D2,4D2,9D,10D,12D2,14D2. The van der Waals surface area contributed by atoms with Crippen LogP contribution in [0.4, 0.5) is 0 Å². The van der Waals surface area contributed by atoms with Crippen LogP contribution in [0.3, 0.4) is 0 Å². The number of nitrogens with two attached hydrogens (primary N) is 1. The highest BCUT2D eigenvalue weighted by Gasteiger charge is 2.27. The molecule has 0 unspecified atom stereocenters. The van der Waals surface area contributed by atoms with E-state index >= 15 is 0 Å². The third kappa shape index (κ3) is 3.64. The number of aromatic amines is 1. The second-order valence-electron chi connectivity index (χ2n) is 6.00. The van der Waals surface area contributed by atoms with Crippen molar-refractivity contribution in [2.75, 3.05) is 13.0 Å². The second kappa shape index (κ2) is 7.98. The molecule has 3 N–H and O–H groups in total. The first-order valence-corrected chi connectivity index (χ1v) is 8.38. The third-order valence-corrected chi connectivity index (χ3v) is 4.38. The van der Waals surface area contributed by atoms with Crippen LogP contribution in [-0.4, -0.2) is 32.8 Å². The zero-order valence-corrected chi connectivity index (χ0v) is 14.1. The molecule has 2 aromatic heterocycles. The van der Waals surface area contributed by atoms with Gasteiger partial charge in [-0.3, -0.25) is 9.88 Å². The Bertz CT molecular complexity index is 1320. The number of hydrogen-bond acceptors (Lipinski definition) is 4. The number of nitrogens with one attached hydrogen (secondary N) is 1. The molecule has 4 rings (SSSR count). The molecule has 5 heteroatoms. The fourth-order valence-corrected chi connectivity index (χ4v) is 3.28. The maximum Gasteiger partial charge on any atom is 0.121 e. The van der Waals surface area contributed by atoms with E-state index in [4.69, 9.17) is 22.2 Å². The monoisotopic (exact) mass is 361 g/mol. The van der Waals surface area contributed by atoms with E-state index in [-0.39, 0.29) is 22.9 Å². The average molecular weight is 362 g/mol. The van der Waals surface area contributed by atoms with Crippen LogP contribution in [0.5, 0.6) is 0 Å². The zero-order chi connectivity index (χ0) is 28.4. The number of imidazole rings is 1. The Balaban J connectivity index is 1.89. The molecule has 5 nitrogen and oxygen atoms in total. The fraction of sp³-hybridized carbons (Fsp3) is 0.429. The molecule has 0 bridgehead atoms. The summed E-state index contributed by atoms with van der Waals surface area (Å²) in [5.41, 5.74) is 6.53. The molecule has 1 atom stereocenters. The van der Waals surface area contributed by atoms with Gasteiger partial charge < -0.3 is 10.7 Å². The van der Waals surface area contributed by atoms with E-state index in [1.807, 2.05) is 6.07 Å². The average Bonchev–Trinajstić information content (AvgIpc) is 3.28. The van der Waals surface area contributed by atoms with Crippen LogP contribution < -0.4 is 5.73 Å². The minimum absolute atomic E-state index is 0.00829. The lowest BCUT2D eigenvalue weighted by Gasteiger charge is -2.34. The summed E-state index contributed by atoms with van der Waals surface area (Å²) in [4.78, 5) is 12.5. The third-order valence-electron chi connectivity index (χ3n) is 4.38. The second-order valence-corrected chi connectivity index (χ2v) is 6.00. The molecule has 1 aliphatic carbocycles. The molecule has 0 amide bonds. The molecular formula is C21H27N5. The molecule has 0 fully saturated rings. The van der Waals surface area contributed by atoms with Gasteiger partial charge in [0.1, 0.15) is 5.82 Å². The van der Waals surface area contributed by atoms with Crippen molar-refractivity contribution < 1.29 is 16.4 Å². The Hall–Kier alpha value is -2.24. The van der Waals surface area contributed by atoms with Crippen LogP contribution in [-0.2, 0) is 13.0 Å². The summed E-state index contributed by atoms with van der Waals surface area (Å²) in [5.74, 6) is -0.00829. The number of H-pyrrole nitrogens is 1. The molecule has 0 saturated carbocycles. The quantitative estimate of drug-likeness (QED) is 0.675. The van der Waals surface area contributed by atoms with Gasteiger partial charge in [0.15, 0.2) is 0 Å². The van der Waals surface area contributed by atoms with E-state index < -0.39 is 56.5 Å². The van der Waals surface area contributed by atoms with Crippen molar-refractivity contribution in [3.63, 3.8) is 0 Å². The predicted octanol–water partition coefficient (Wildman–Crippen LogP) is 3.58. The molecular weight excluding hydrogens is 322 g/mol. The van der Waals surface area contributed by atoms with Crippen LogP contribution in [0.1, 0.15) is 65.2 Å². The van der Waals surface area contributed by atoms with E-state index in [9.17, 15) is 0 Å². The maximum atomic E-state index is 8.89. The Morgan fingerprint density at radius 3 is 3.19 bits per heavy atom. The highest BCUT2D eigenvalue weighted by Crippen LogP contribution is 2.33. The van der Waals surface area contributed by atoms with E-state index in [0.717, 1.165) is 10.5 Å². The smallest absolute Gasteiger partial charge is 0.121 e. The molecule has 1 aliphatic rings. The van der Waals surface area contributed by atoms with E-state index in [2.05, 4.69) is 15.0 Å². The van der Waals surface area contributed by atoms with Crippen molar-refractivity contribution >= 4 is 11.0 Å². The molecule has 0 saturated heterocycles. The summed E-state index contributed by atoms with van der Waals surface area (Å²) in [6, 6.07) is 0.941. The van der Waals surface area contributed by atoms with E-state index in [1.54, 1.807) is 6.07 Å². The number of nitrogens with zero attached hydrogens (tertiary/aromatic N) is 3. The normalized spacial score (nSPS) is 25.8. The molecule has 0 aliphatic heterocycles. The van der Waals surface area contributed by atoms with E-state index in [1.165, 1.54) is 6.20 Å². The van der Waals surface area contributed by atoms with Gasteiger partial charge in [-0.2, -0.15) is 0 Å². The number of hydrogen-bond donors (Lipinski definition) is 2. The van der Waals surface area contributed by atoms with Crippen molar-refractivity contribution in [3.05, 3.63) is 59.6 Å².